The molecule has 1 heterocycles. The van der Waals surface area contributed by atoms with Gasteiger partial charge in [-0.3, -0.25) is 0 Å². The molecule has 0 spiro atoms. The maximum Gasteiger partial charge on any atom is 0.0669 e. The molecule has 0 amide bonds. The fraction of sp³-hybridized carbons (Fsp3) is 0.533. The number of nitriles is 1. The van der Waals surface area contributed by atoms with Crippen LogP contribution >= 0.6 is 0 Å². The van der Waals surface area contributed by atoms with Gasteiger partial charge in [-0.05, 0) is 37.1 Å². The molecule has 0 aliphatic carbocycles. The first-order chi connectivity index (χ1) is 8.81. The van der Waals surface area contributed by atoms with Gasteiger partial charge in [-0.1, -0.05) is 19.1 Å². The number of anilines is 1. The quantitative estimate of drug-likeness (QED) is 0.883. The third-order valence-electron chi connectivity index (χ3n) is 3.64. The van der Waals surface area contributed by atoms with Crippen molar-refractivity contribution in [3.63, 3.8) is 0 Å². The molecule has 2 rings (SSSR count). The van der Waals surface area contributed by atoms with Crippen LogP contribution in [-0.2, 0) is 6.42 Å². The second-order valence-corrected chi connectivity index (χ2v) is 4.88. The van der Waals surface area contributed by atoms with Gasteiger partial charge in [0, 0.05) is 24.8 Å². The summed E-state index contributed by atoms with van der Waals surface area (Å²) < 4.78 is 0. The van der Waals surface area contributed by atoms with Crippen molar-refractivity contribution in [3.05, 3.63) is 29.8 Å². The molecular formula is C15H21N3. The number of benzene rings is 1. The molecule has 1 aliphatic rings. The molecule has 1 N–H and O–H groups in total. The lowest BCUT2D eigenvalue weighted by atomic mass is 10.0. The molecule has 18 heavy (non-hydrogen) atoms. The lowest BCUT2D eigenvalue weighted by Crippen LogP contribution is -2.38. The van der Waals surface area contributed by atoms with Gasteiger partial charge in [0.05, 0.1) is 12.5 Å². The van der Waals surface area contributed by atoms with Crippen LogP contribution in [-0.4, -0.2) is 30.6 Å². The molecule has 3 nitrogen and oxygen atoms in total. The van der Waals surface area contributed by atoms with E-state index in [1.165, 1.54) is 31.6 Å². The van der Waals surface area contributed by atoms with Gasteiger partial charge in [0.1, 0.15) is 0 Å². The first-order valence-corrected chi connectivity index (χ1v) is 6.76. The van der Waals surface area contributed by atoms with E-state index in [-0.39, 0.29) is 0 Å². The molecule has 1 aromatic rings. The zero-order valence-electron chi connectivity index (χ0n) is 11.0. The number of likely N-dealkylation sites (tertiary alicyclic amines) is 1. The minimum Gasteiger partial charge on any atom is -0.382 e. The highest BCUT2D eigenvalue weighted by molar-refractivity contribution is 5.45. The Kier molecular flexibility index (Phi) is 4.60. The fourth-order valence-corrected chi connectivity index (χ4v) is 2.44. The Hall–Kier alpha value is -1.53. The van der Waals surface area contributed by atoms with E-state index in [0.717, 1.165) is 12.1 Å². The highest BCUT2D eigenvalue weighted by atomic mass is 15.1. The molecule has 1 aliphatic heterocycles. The predicted octanol–water partition coefficient (Wildman–Crippen LogP) is 2.65. The minimum atomic E-state index is 0.495. The number of nitrogens with one attached hydrogen (secondary N) is 1. The molecule has 0 bridgehead atoms. The average molecular weight is 243 g/mol. The molecule has 0 unspecified atom stereocenters. The monoisotopic (exact) mass is 243 g/mol. The van der Waals surface area contributed by atoms with Crippen LogP contribution in [0.1, 0.15) is 25.3 Å². The number of piperidine rings is 1. The maximum atomic E-state index is 8.63. The van der Waals surface area contributed by atoms with Crippen LogP contribution < -0.4 is 5.32 Å². The van der Waals surface area contributed by atoms with E-state index in [1.807, 2.05) is 12.1 Å². The van der Waals surface area contributed by atoms with Crippen molar-refractivity contribution in [1.29, 1.82) is 5.26 Å². The highest BCUT2D eigenvalue weighted by Crippen LogP contribution is 2.17. The summed E-state index contributed by atoms with van der Waals surface area (Å²) in [5.41, 5.74) is 2.26. The van der Waals surface area contributed by atoms with Crippen molar-refractivity contribution in [2.45, 2.75) is 32.2 Å². The summed E-state index contributed by atoms with van der Waals surface area (Å²) in [6.07, 6.45) is 2.93. The van der Waals surface area contributed by atoms with Crippen LogP contribution in [0.5, 0.6) is 0 Å². The number of rotatable bonds is 4. The van der Waals surface area contributed by atoms with Crippen molar-refractivity contribution in [1.82, 2.24) is 4.90 Å². The van der Waals surface area contributed by atoms with Gasteiger partial charge in [-0.25, -0.2) is 0 Å². The molecule has 1 aromatic carbocycles. The summed E-state index contributed by atoms with van der Waals surface area (Å²) in [4.78, 5) is 2.49. The smallest absolute Gasteiger partial charge is 0.0669 e. The van der Waals surface area contributed by atoms with E-state index in [0.29, 0.717) is 12.5 Å². The molecule has 0 atom stereocenters. The Morgan fingerprint density at radius 3 is 2.50 bits per heavy atom. The second-order valence-electron chi connectivity index (χ2n) is 4.88. The number of hydrogen-bond acceptors (Lipinski definition) is 3. The van der Waals surface area contributed by atoms with Crippen molar-refractivity contribution < 1.29 is 0 Å². The predicted molar refractivity (Wildman–Crippen MR) is 74.5 cm³/mol. The number of hydrogen-bond donors (Lipinski definition) is 1. The van der Waals surface area contributed by atoms with Crippen LogP contribution in [0.4, 0.5) is 5.69 Å². The Morgan fingerprint density at radius 1 is 1.28 bits per heavy atom. The largest absolute Gasteiger partial charge is 0.382 e. The SMILES string of the molecule is CCN1CCC(Nc2ccc(CC#N)cc2)CC1. The first-order valence-electron chi connectivity index (χ1n) is 6.76. The third kappa shape index (κ3) is 3.48. The van der Waals surface area contributed by atoms with Gasteiger partial charge < -0.3 is 10.2 Å². The Morgan fingerprint density at radius 2 is 1.94 bits per heavy atom. The van der Waals surface area contributed by atoms with E-state index in [4.69, 9.17) is 5.26 Å². The highest BCUT2D eigenvalue weighted by Gasteiger charge is 2.17. The summed E-state index contributed by atoms with van der Waals surface area (Å²) in [5, 5.41) is 12.2. The van der Waals surface area contributed by atoms with Crippen molar-refractivity contribution in [3.8, 4) is 6.07 Å². The molecule has 96 valence electrons. The summed E-state index contributed by atoms with van der Waals surface area (Å²) in [7, 11) is 0. The topological polar surface area (TPSA) is 39.1 Å². The molecule has 0 saturated carbocycles. The first kappa shape index (κ1) is 12.9. The second kappa shape index (κ2) is 6.42. The Labute approximate surface area is 109 Å². The van der Waals surface area contributed by atoms with E-state index >= 15 is 0 Å². The summed E-state index contributed by atoms with van der Waals surface area (Å²) in [6.45, 7) is 5.78. The van der Waals surface area contributed by atoms with Crippen LogP contribution in [0.25, 0.3) is 0 Å². The molecule has 1 fully saturated rings. The van der Waals surface area contributed by atoms with Gasteiger partial charge >= 0.3 is 0 Å². The Balaban J connectivity index is 1.85. The fourth-order valence-electron chi connectivity index (χ4n) is 2.44. The van der Waals surface area contributed by atoms with Crippen LogP contribution in [0.15, 0.2) is 24.3 Å². The number of nitrogens with zero attached hydrogens (tertiary/aromatic N) is 2. The molecule has 0 aromatic heterocycles. The van der Waals surface area contributed by atoms with Crippen molar-refractivity contribution in [2.75, 3.05) is 25.0 Å². The standard InChI is InChI=1S/C15H21N3/c1-2-18-11-8-15(9-12-18)17-14-5-3-13(4-6-14)7-10-16/h3-6,15,17H,2,7-9,11-12H2,1H3. The summed E-state index contributed by atoms with van der Waals surface area (Å²) in [6, 6.07) is 11.0. The third-order valence-corrected chi connectivity index (χ3v) is 3.64. The van der Waals surface area contributed by atoms with E-state index < -0.39 is 0 Å². The Bertz CT molecular complexity index is 397. The lowest BCUT2D eigenvalue weighted by molar-refractivity contribution is 0.229. The van der Waals surface area contributed by atoms with Gasteiger partial charge in [0.2, 0.25) is 0 Å². The minimum absolute atomic E-state index is 0.495. The van der Waals surface area contributed by atoms with Gasteiger partial charge in [0.15, 0.2) is 0 Å². The van der Waals surface area contributed by atoms with Gasteiger partial charge in [0.25, 0.3) is 0 Å². The molecule has 0 radical (unpaired) electrons. The normalized spacial score (nSPS) is 17.3. The van der Waals surface area contributed by atoms with Gasteiger partial charge in [-0.2, -0.15) is 5.26 Å². The average Bonchev–Trinajstić information content (AvgIpc) is 2.42. The summed E-state index contributed by atoms with van der Waals surface area (Å²) in [5.74, 6) is 0. The van der Waals surface area contributed by atoms with Crippen molar-refractivity contribution in [2.24, 2.45) is 0 Å². The zero-order chi connectivity index (χ0) is 12.8. The van der Waals surface area contributed by atoms with Gasteiger partial charge in [-0.15, -0.1) is 0 Å². The van der Waals surface area contributed by atoms with Crippen LogP contribution in [0, 0.1) is 11.3 Å². The zero-order valence-corrected chi connectivity index (χ0v) is 11.0. The van der Waals surface area contributed by atoms with E-state index in [2.05, 4.69) is 35.3 Å². The molecule has 3 heteroatoms. The summed E-state index contributed by atoms with van der Waals surface area (Å²) >= 11 is 0. The van der Waals surface area contributed by atoms with Crippen LogP contribution in [0.3, 0.4) is 0 Å². The van der Waals surface area contributed by atoms with Crippen LogP contribution in [0.2, 0.25) is 0 Å². The van der Waals surface area contributed by atoms with E-state index in [9.17, 15) is 0 Å². The van der Waals surface area contributed by atoms with E-state index in [1.54, 1.807) is 0 Å². The molecular weight excluding hydrogens is 222 g/mol. The maximum absolute atomic E-state index is 8.63. The molecule has 1 saturated heterocycles. The lowest BCUT2D eigenvalue weighted by Gasteiger charge is -2.32. The van der Waals surface area contributed by atoms with Crippen molar-refractivity contribution >= 4 is 5.69 Å².